The van der Waals surface area contributed by atoms with Crippen LogP contribution in [0.1, 0.15) is 45.2 Å². The Morgan fingerprint density at radius 1 is 1.04 bits per heavy atom. The second kappa shape index (κ2) is 8.28. The van der Waals surface area contributed by atoms with Crippen LogP contribution in [0.15, 0.2) is 60.7 Å². The summed E-state index contributed by atoms with van der Waals surface area (Å²) in [6.07, 6.45) is 1.85. The third kappa shape index (κ3) is 4.90. The first kappa shape index (κ1) is 19.0. The molecule has 4 heteroatoms. The van der Waals surface area contributed by atoms with Crippen LogP contribution in [-0.2, 0) is 4.74 Å². The van der Waals surface area contributed by atoms with E-state index in [9.17, 15) is 4.79 Å². The Morgan fingerprint density at radius 3 is 2.27 bits per heavy atom. The average Bonchev–Trinajstić information content (AvgIpc) is 3.04. The summed E-state index contributed by atoms with van der Waals surface area (Å²) >= 11 is 0.359. The van der Waals surface area contributed by atoms with Crippen molar-refractivity contribution in [3.8, 4) is 0 Å². The first-order chi connectivity index (χ1) is 12.4. The molecule has 3 rings (SSSR count). The number of carbonyl (C=O) groups excluding carboxylic acids is 1. The molecule has 0 spiro atoms. The second-order valence-corrected chi connectivity index (χ2v) is 9.96. The molecule has 3 nitrogen and oxygen atoms in total. The van der Waals surface area contributed by atoms with E-state index in [-0.39, 0.29) is 18.2 Å². The van der Waals surface area contributed by atoms with Gasteiger partial charge in [-0.05, 0) is 0 Å². The third-order valence-corrected chi connectivity index (χ3v) is 6.90. The number of hydrogen-bond donors (Lipinski definition) is 0. The zero-order valence-corrected chi connectivity index (χ0v) is 17.4. The van der Waals surface area contributed by atoms with E-state index in [4.69, 9.17) is 4.74 Å². The van der Waals surface area contributed by atoms with Gasteiger partial charge in [-0.15, -0.1) is 0 Å². The minimum absolute atomic E-state index is 0.114. The minimum atomic E-state index is -0.476. The molecule has 1 aliphatic heterocycles. The fourth-order valence-corrected chi connectivity index (χ4v) is 5.58. The molecule has 2 aromatic rings. The quantitative estimate of drug-likeness (QED) is 0.683. The molecular weight excluding hydrogens is 389 g/mol. The topological polar surface area (TPSA) is 29.5 Å². The molecule has 138 valence electrons. The van der Waals surface area contributed by atoms with E-state index in [1.54, 1.807) is 0 Å². The molecule has 1 aliphatic rings. The Hall–Kier alpha value is -1.77. The van der Waals surface area contributed by atoms with Crippen molar-refractivity contribution in [3.63, 3.8) is 0 Å². The van der Waals surface area contributed by atoms with E-state index in [0.717, 1.165) is 18.2 Å². The van der Waals surface area contributed by atoms with Gasteiger partial charge in [0.2, 0.25) is 0 Å². The van der Waals surface area contributed by atoms with Gasteiger partial charge in [0.15, 0.2) is 0 Å². The molecule has 0 radical (unpaired) electrons. The van der Waals surface area contributed by atoms with Crippen molar-refractivity contribution in [2.45, 2.75) is 56.6 Å². The number of carbonyl (C=O) groups is 1. The van der Waals surface area contributed by atoms with Crippen LogP contribution in [0, 0.1) is 0 Å². The van der Waals surface area contributed by atoms with E-state index in [1.807, 2.05) is 49.9 Å². The van der Waals surface area contributed by atoms with Gasteiger partial charge in [0.05, 0.1) is 0 Å². The molecule has 0 aliphatic carbocycles. The molecule has 2 aromatic carbocycles. The Labute approximate surface area is 162 Å². The van der Waals surface area contributed by atoms with Gasteiger partial charge in [0.1, 0.15) is 0 Å². The Bertz CT molecular complexity index is 712. The molecule has 0 N–H and O–H groups in total. The summed E-state index contributed by atoms with van der Waals surface area (Å²) in [6.45, 7) is 5.80. The van der Waals surface area contributed by atoms with E-state index in [1.165, 1.54) is 10.0 Å². The van der Waals surface area contributed by atoms with Gasteiger partial charge in [-0.3, -0.25) is 0 Å². The number of benzene rings is 2. The van der Waals surface area contributed by atoms with Crippen LogP contribution in [0.4, 0.5) is 4.79 Å². The number of amides is 1. The van der Waals surface area contributed by atoms with Crippen molar-refractivity contribution in [1.82, 2.24) is 4.90 Å². The van der Waals surface area contributed by atoms with Crippen LogP contribution in [0.25, 0.3) is 0 Å². The summed E-state index contributed by atoms with van der Waals surface area (Å²) in [7, 11) is 0. The second-order valence-electron chi connectivity index (χ2n) is 7.67. The maximum absolute atomic E-state index is 13.0. The van der Waals surface area contributed by atoms with Gasteiger partial charge in [-0.2, -0.15) is 0 Å². The number of hydrogen-bond acceptors (Lipinski definition) is 2. The van der Waals surface area contributed by atoms with Crippen molar-refractivity contribution in [3.05, 3.63) is 66.2 Å². The molecule has 0 unspecified atom stereocenters. The number of likely N-dealkylation sites (tertiary alicyclic amines) is 1. The Kier molecular flexibility index (Phi) is 6.05. The predicted molar refractivity (Wildman–Crippen MR) is 107 cm³/mol. The fourth-order valence-electron chi connectivity index (χ4n) is 3.35. The third-order valence-electron chi connectivity index (χ3n) is 4.48. The summed E-state index contributed by atoms with van der Waals surface area (Å²) < 4.78 is 7.13. The van der Waals surface area contributed by atoms with Crippen molar-refractivity contribution in [2.75, 3.05) is 0 Å². The maximum atomic E-state index is 13.0. The van der Waals surface area contributed by atoms with E-state index >= 15 is 0 Å². The van der Waals surface area contributed by atoms with Gasteiger partial charge in [-0.25, -0.2) is 0 Å². The first-order valence-corrected chi connectivity index (χ1v) is 11.2. The van der Waals surface area contributed by atoms with Crippen molar-refractivity contribution >= 4 is 25.5 Å². The van der Waals surface area contributed by atoms with Crippen LogP contribution in [0.5, 0.6) is 0 Å². The van der Waals surface area contributed by atoms with Crippen molar-refractivity contribution in [2.24, 2.45) is 0 Å². The average molecular weight is 416 g/mol. The summed E-state index contributed by atoms with van der Waals surface area (Å²) in [5, 5.41) is 1.03. The Balaban J connectivity index is 1.77. The Morgan fingerprint density at radius 2 is 1.65 bits per heavy atom. The molecule has 26 heavy (non-hydrogen) atoms. The van der Waals surface area contributed by atoms with Crippen LogP contribution in [-0.4, -0.2) is 37.6 Å². The van der Waals surface area contributed by atoms with Crippen molar-refractivity contribution < 1.29 is 9.53 Å². The molecule has 1 saturated heterocycles. The number of nitrogens with zero attached hydrogens (tertiary/aromatic N) is 1. The summed E-state index contributed by atoms with van der Waals surface area (Å²) in [5.74, 6) is 0. The van der Waals surface area contributed by atoms with E-state index < -0.39 is 5.60 Å². The summed E-state index contributed by atoms with van der Waals surface area (Å²) in [6, 6.07) is 21.3. The van der Waals surface area contributed by atoms with E-state index in [0.29, 0.717) is 15.0 Å². The monoisotopic (exact) mass is 417 g/mol. The summed E-state index contributed by atoms with van der Waals surface area (Å²) in [5.41, 5.74) is 0.726. The normalized spacial score (nSPS) is 20.2. The SMILES string of the molecule is CC(C)(C)OC(=O)N1[C@@H](C[Se]c2ccccc2)CC[C@H]1c1ccccc1. The zero-order valence-electron chi connectivity index (χ0n) is 15.7. The molecule has 1 heterocycles. The molecule has 1 amide bonds. The molecule has 1 fully saturated rings. The first-order valence-electron chi connectivity index (χ1n) is 9.18. The van der Waals surface area contributed by atoms with Gasteiger partial charge < -0.3 is 0 Å². The van der Waals surface area contributed by atoms with Crippen LogP contribution < -0.4 is 4.46 Å². The van der Waals surface area contributed by atoms with Crippen LogP contribution in [0.3, 0.4) is 0 Å². The molecule has 2 atom stereocenters. The fraction of sp³-hybridized carbons (Fsp3) is 0.409. The molecule has 0 aromatic heterocycles. The molecule has 0 saturated carbocycles. The van der Waals surface area contributed by atoms with Gasteiger partial charge in [0, 0.05) is 0 Å². The predicted octanol–water partition coefficient (Wildman–Crippen LogP) is 4.58. The van der Waals surface area contributed by atoms with Crippen molar-refractivity contribution in [1.29, 1.82) is 0 Å². The summed E-state index contributed by atoms with van der Waals surface area (Å²) in [4.78, 5) is 15.0. The number of rotatable bonds is 4. The molecule has 0 bridgehead atoms. The van der Waals surface area contributed by atoms with Crippen LogP contribution in [0.2, 0.25) is 5.32 Å². The van der Waals surface area contributed by atoms with Crippen LogP contribution >= 0.6 is 0 Å². The van der Waals surface area contributed by atoms with E-state index in [2.05, 4.69) is 36.4 Å². The standard InChI is InChI=1S/C22H27NO2Se/c1-22(2,3)25-21(24)23-18(16-26-19-12-8-5-9-13-19)14-15-20(23)17-10-6-4-7-11-17/h4-13,18,20H,14-16H2,1-3H3/t18-,20+/m1/s1. The number of ether oxygens (including phenoxy) is 1. The van der Waals surface area contributed by atoms with Gasteiger partial charge in [0.25, 0.3) is 0 Å². The molecular formula is C22H27NO2Se. The van der Waals surface area contributed by atoms with Gasteiger partial charge >= 0.3 is 163 Å². The zero-order chi connectivity index (χ0) is 18.6. The van der Waals surface area contributed by atoms with Gasteiger partial charge in [-0.1, -0.05) is 0 Å².